The Balaban J connectivity index is 2.12. The molecule has 21 heavy (non-hydrogen) atoms. The molecule has 1 N–H and O–H groups in total. The van der Waals surface area contributed by atoms with Crippen molar-refractivity contribution in [1.82, 2.24) is 0 Å². The highest BCUT2D eigenvalue weighted by atomic mass is 16.7. The fourth-order valence-electron chi connectivity index (χ4n) is 2.36. The molecule has 1 aliphatic rings. The fraction of sp³-hybridized carbons (Fsp3) is 0.188. The highest BCUT2D eigenvalue weighted by molar-refractivity contribution is 5.92. The number of phenols is 1. The van der Waals surface area contributed by atoms with Crippen LogP contribution in [0.2, 0.25) is 0 Å². The largest absolute Gasteiger partial charge is 0.504 e. The van der Waals surface area contributed by atoms with Gasteiger partial charge in [-0.1, -0.05) is 12.1 Å². The van der Waals surface area contributed by atoms with Gasteiger partial charge in [0.1, 0.15) is 5.75 Å². The van der Waals surface area contributed by atoms with Gasteiger partial charge in [-0.25, -0.2) is 0 Å². The number of aromatic hydroxyl groups is 1. The first kappa shape index (κ1) is 13.5. The summed E-state index contributed by atoms with van der Waals surface area (Å²) < 4.78 is 15.7. The second kappa shape index (κ2) is 5.46. The highest BCUT2D eigenvalue weighted by Crippen LogP contribution is 2.38. The molecule has 5 nitrogen and oxygen atoms in total. The number of phenolic OH excluding ortho intramolecular Hbond substituents is 1. The smallest absolute Gasteiger partial charge is 0.189 e. The molecule has 0 aromatic heterocycles. The van der Waals surface area contributed by atoms with Gasteiger partial charge >= 0.3 is 0 Å². The van der Waals surface area contributed by atoms with Crippen LogP contribution in [-0.2, 0) is 11.3 Å². The Morgan fingerprint density at radius 3 is 2.90 bits per heavy atom. The molecule has 0 bridgehead atoms. The lowest BCUT2D eigenvalue weighted by Gasteiger charge is -2.19. The normalized spacial score (nSPS) is 13.2. The molecular formula is C16H14O5. The number of benzene rings is 2. The van der Waals surface area contributed by atoms with Crippen molar-refractivity contribution in [3.8, 4) is 28.4 Å². The first-order chi connectivity index (χ1) is 10.2. The van der Waals surface area contributed by atoms with Gasteiger partial charge in [-0.2, -0.15) is 0 Å². The summed E-state index contributed by atoms with van der Waals surface area (Å²) in [5.41, 5.74) is 2.56. The number of ether oxygens (including phenoxy) is 3. The minimum atomic E-state index is -0.160. The molecule has 5 heteroatoms. The highest BCUT2D eigenvalue weighted by Gasteiger charge is 2.17. The molecule has 2 aromatic rings. The number of methoxy groups -OCH3 is 1. The second-order valence-corrected chi connectivity index (χ2v) is 4.63. The molecule has 0 spiro atoms. The Morgan fingerprint density at radius 2 is 2.14 bits per heavy atom. The number of carbonyl (C=O) groups excluding carboxylic acids is 1. The number of rotatable bonds is 3. The van der Waals surface area contributed by atoms with Crippen molar-refractivity contribution in [1.29, 1.82) is 0 Å². The van der Waals surface area contributed by atoms with Gasteiger partial charge in [0.05, 0.1) is 19.3 Å². The van der Waals surface area contributed by atoms with E-state index in [9.17, 15) is 9.90 Å². The third-order valence-electron chi connectivity index (χ3n) is 3.45. The maximum Gasteiger partial charge on any atom is 0.189 e. The standard InChI is InChI=1S/C16H14O5/c1-19-14-5-4-12(13(7-17)16(14)18)10-2-3-11-8-20-9-21-15(11)6-10/h2-7,18H,8-9H2,1H3. The van der Waals surface area contributed by atoms with Gasteiger partial charge in [0, 0.05) is 5.56 Å². The van der Waals surface area contributed by atoms with Crippen LogP contribution in [0, 0.1) is 0 Å². The van der Waals surface area contributed by atoms with E-state index in [-0.39, 0.29) is 23.9 Å². The molecule has 0 saturated heterocycles. The summed E-state index contributed by atoms with van der Waals surface area (Å²) >= 11 is 0. The average molecular weight is 286 g/mol. The summed E-state index contributed by atoms with van der Waals surface area (Å²) in [7, 11) is 1.44. The van der Waals surface area contributed by atoms with Crippen LogP contribution in [0.15, 0.2) is 30.3 Å². The third kappa shape index (κ3) is 2.32. The second-order valence-electron chi connectivity index (χ2n) is 4.63. The van der Waals surface area contributed by atoms with Gasteiger partial charge in [-0.15, -0.1) is 0 Å². The molecule has 108 valence electrons. The maximum atomic E-state index is 11.3. The predicted octanol–water partition coefficient (Wildman–Crippen LogP) is 2.75. The Hall–Kier alpha value is -2.53. The molecule has 2 aromatic carbocycles. The zero-order valence-corrected chi connectivity index (χ0v) is 11.5. The number of aldehydes is 1. The molecule has 0 radical (unpaired) electrons. The summed E-state index contributed by atoms with van der Waals surface area (Å²) in [6.45, 7) is 0.717. The lowest BCUT2D eigenvalue weighted by atomic mass is 9.97. The summed E-state index contributed by atoms with van der Waals surface area (Å²) in [6.07, 6.45) is 0.622. The van der Waals surface area contributed by atoms with E-state index in [0.717, 1.165) is 16.9 Å². The van der Waals surface area contributed by atoms with E-state index in [1.54, 1.807) is 12.1 Å². The summed E-state index contributed by atoms with van der Waals surface area (Å²) in [5.74, 6) is 0.835. The summed E-state index contributed by atoms with van der Waals surface area (Å²) in [4.78, 5) is 11.3. The zero-order chi connectivity index (χ0) is 14.8. The minimum Gasteiger partial charge on any atom is -0.504 e. The Bertz CT molecular complexity index is 693. The van der Waals surface area contributed by atoms with Crippen LogP contribution in [0.25, 0.3) is 11.1 Å². The minimum absolute atomic E-state index is 0.160. The lowest BCUT2D eigenvalue weighted by Crippen LogP contribution is -2.11. The molecule has 0 fully saturated rings. The van der Waals surface area contributed by atoms with Gasteiger partial charge in [0.2, 0.25) is 0 Å². The summed E-state index contributed by atoms with van der Waals surface area (Å²) in [6, 6.07) is 8.96. The van der Waals surface area contributed by atoms with Crippen LogP contribution in [-0.4, -0.2) is 25.3 Å². The number of hydrogen-bond acceptors (Lipinski definition) is 5. The Kier molecular flexibility index (Phi) is 3.50. The number of fused-ring (bicyclic) bond motifs is 1. The third-order valence-corrected chi connectivity index (χ3v) is 3.45. The van der Waals surface area contributed by atoms with Crippen molar-refractivity contribution in [3.05, 3.63) is 41.5 Å². The Morgan fingerprint density at radius 1 is 1.29 bits per heavy atom. The van der Waals surface area contributed by atoms with E-state index in [2.05, 4.69) is 0 Å². The van der Waals surface area contributed by atoms with E-state index in [0.29, 0.717) is 18.5 Å². The first-order valence-corrected chi connectivity index (χ1v) is 6.43. The molecule has 0 amide bonds. The van der Waals surface area contributed by atoms with E-state index in [1.807, 2.05) is 18.2 Å². The van der Waals surface area contributed by atoms with Crippen LogP contribution in [0.1, 0.15) is 15.9 Å². The Labute approximate surface area is 121 Å². The van der Waals surface area contributed by atoms with E-state index >= 15 is 0 Å². The number of carbonyl (C=O) groups is 1. The van der Waals surface area contributed by atoms with Gasteiger partial charge in [-0.05, 0) is 29.3 Å². The van der Waals surface area contributed by atoms with Crippen molar-refractivity contribution in [3.63, 3.8) is 0 Å². The maximum absolute atomic E-state index is 11.3. The van der Waals surface area contributed by atoms with E-state index in [1.165, 1.54) is 7.11 Å². The van der Waals surface area contributed by atoms with Gasteiger partial charge < -0.3 is 19.3 Å². The van der Waals surface area contributed by atoms with Gasteiger partial charge in [0.25, 0.3) is 0 Å². The molecule has 3 rings (SSSR count). The van der Waals surface area contributed by atoms with Crippen LogP contribution in [0.3, 0.4) is 0 Å². The monoisotopic (exact) mass is 286 g/mol. The lowest BCUT2D eigenvalue weighted by molar-refractivity contribution is -0.0163. The molecule has 1 aliphatic heterocycles. The molecule has 0 saturated carbocycles. The number of hydrogen-bond donors (Lipinski definition) is 1. The van der Waals surface area contributed by atoms with Crippen molar-refractivity contribution in [2.45, 2.75) is 6.61 Å². The van der Waals surface area contributed by atoms with Gasteiger partial charge in [0.15, 0.2) is 24.6 Å². The quantitative estimate of drug-likeness (QED) is 0.879. The SMILES string of the molecule is COc1ccc(-c2ccc3c(c2)OCOC3)c(C=O)c1O. The van der Waals surface area contributed by atoms with E-state index in [4.69, 9.17) is 14.2 Å². The van der Waals surface area contributed by atoms with Crippen LogP contribution < -0.4 is 9.47 Å². The van der Waals surface area contributed by atoms with Crippen LogP contribution in [0.4, 0.5) is 0 Å². The fourth-order valence-corrected chi connectivity index (χ4v) is 2.36. The zero-order valence-electron chi connectivity index (χ0n) is 11.5. The van der Waals surface area contributed by atoms with Crippen molar-refractivity contribution in [2.24, 2.45) is 0 Å². The molecule has 0 unspecified atom stereocenters. The topological polar surface area (TPSA) is 65.0 Å². The van der Waals surface area contributed by atoms with Crippen LogP contribution in [0.5, 0.6) is 17.2 Å². The first-order valence-electron chi connectivity index (χ1n) is 6.43. The van der Waals surface area contributed by atoms with Gasteiger partial charge in [-0.3, -0.25) is 4.79 Å². The molecule has 0 aliphatic carbocycles. The van der Waals surface area contributed by atoms with Crippen molar-refractivity contribution >= 4 is 6.29 Å². The molecule has 1 heterocycles. The summed E-state index contributed by atoms with van der Waals surface area (Å²) in [5, 5.41) is 10.1. The van der Waals surface area contributed by atoms with Crippen molar-refractivity contribution in [2.75, 3.05) is 13.9 Å². The van der Waals surface area contributed by atoms with Crippen LogP contribution >= 0.6 is 0 Å². The van der Waals surface area contributed by atoms with Crippen molar-refractivity contribution < 1.29 is 24.1 Å². The molecule has 0 atom stereocenters. The van der Waals surface area contributed by atoms with E-state index < -0.39 is 0 Å². The molecular weight excluding hydrogens is 272 g/mol. The average Bonchev–Trinajstić information content (AvgIpc) is 2.54. The predicted molar refractivity (Wildman–Crippen MR) is 75.8 cm³/mol.